The maximum Gasteiger partial charge on any atom is 0.113 e. The molecule has 11 heavy (non-hydrogen) atoms. The average molecular weight is 159 g/mol. The molecule has 0 spiro atoms. The molecule has 0 radical (unpaired) electrons. The molecule has 1 rings (SSSR count). The van der Waals surface area contributed by atoms with Crippen molar-refractivity contribution in [3.63, 3.8) is 0 Å². The van der Waals surface area contributed by atoms with E-state index in [4.69, 9.17) is 0 Å². The van der Waals surface area contributed by atoms with E-state index in [1.165, 1.54) is 6.42 Å². The Morgan fingerprint density at radius 3 is 2.73 bits per heavy atom. The van der Waals surface area contributed by atoms with E-state index in [-0.39, 0.29) is 0 Å². The van der Waals surface area contributed by atoms with Crippen molar-refractivity contribution in [1.82, 2.24) is 5.32 Å². The number of nitrogens with one attached hydrogen (secondary N) is 1. The van der Waals surface area contributed by atoms with Gasteiger partial charge in [0.2, 0.25) is 0 Å². The van der Waals surface area contributed by atoms with E-state index < -0.39 is 6.17 Å². The Labute approximate surface area is 68.4 Å². The van der Waals surface area contributed by atoms with Crippen LogP contribution in [-0.4, -0.2) is 18.8 Å². The molecule has 2 heteroatoms. The van der Waals surface area contributed by atoms with Crippen molar-refractivity contribution >= 4 is 0 Å². The molecule has 1 heterocycles. The summed E-state index contributed by atoms with van der Waals surface area (Å²) >= 11 is 0. The van der Waals surface area contributed by atoms with Gasteiger partial charge in [0, 0.05) is 12.6 Å². The zero-order valence-electron chi connectivity index (χ0n) is 7.44. The monoisotopic (exact) mass is 159 g/mol. The first-order valence-corrected chi connectivity index (χ1v) is 4.61. The molecule has 0 saturated carbocycles. The first kappa shape index (κ1) is 8.98. The molecule has 1 N–H and O–H groups in total. The molecule has 0 aromatic heterocycles. The first-order valence-electron chi connectivity index (χ1n) is 4.61. The largest absolute Gasteiger partial charge is 0.311 e. The number of halogens is 1. The van der Waals surface area contributed by atoms with E-state index in [9.17, 15) is 4.39 Å². The molecule has 66 valence electrons. The molecular weight excluding hydrogens is 141 g/mol. The highest BCUT2D eigenvalue weighted by Gasteiger charge is 2.22. The maximum absolute atomic E-state index is 12.7. The highest BCUT2D eigenvalue weighted by molar-refractivity contribution is 4.80. The van der Waals surface area contributed by atoms with Gasteiger partial charge in [-0.1, -0.05) is 20.3 Å². The summed E-state index contributed by atoms with van der Waals surface area (Å²) < 4.78 is 12.7. The van der Waals surface area contributed by atoms with Crippen LogP contribution in [0.3, 0.4) is 0 Å². The van der Waals surface area contributed by atoms with Crippen LogP contribution in [0.1, 0.15) is 33.1 Å². The highest BCUT2D eigenvalue weighted by atomic mass is 19.1. The lowest BCUT2D eigenvalue weighted by molar-refractivity contribution is 0.202. The van der Waals surface area contributed by atoms with E-state index in [0.717, 1.165) is 12.8 Å². The van der Waals surface area contributed by atoms with Gasteiger partial charge in [-0.25, -0.2) is 4.39 Å². The lowest BCUT2D eigenvalue weighted by atomic mass is 9.91. The normalized spacial score (nSPS) is 35.2. The van der Waals surface area contributed by atoms with Gasteiger partial charge in [0.15, 0.2) is 0 Å². The zero-order valence-corrected chi connectivity index (χ0v) is 7.44. The van der Waals surface area contributed by atoms with Crippen LogP contribution in [0.25, 0.3) is 0 Å². The fourth-order valence-electron chi connectivity index (χ4n) is 1.61. The predicted octanol–water partition coefficient (Wildman–Crippen LogP) is 2.12. The summed E-state index contributed by atoms with van der Waals surface area (Å²) in [7, 11) is 0. The second-order valence-electron chi connectivity index (χ2n) is 3.57. The Bertz CT molecular complexity index is 108. The maximum atomic E-state index is 12.7. The number of piperidine rings is 1. The fraction of sp³-hybridized carbons (Fsp3) is 1.00. The second-order valence-corrected chi connectivity index (χ2v) is 3.57. The van der Waals surface area contributed by atoms with Crippen LogP contribution in [0.15, 0.2) is 0 Å². The Morgan fingerprint density at radius 2 is 2.27 bits per heavy atom. The van der Waals surface area contributed by atoms with Crippen molar-refractivity contribution in [2.45, 2.75) is 45.3 Å². The van der Waals surface area contributed by atoms with Crippen molar-refractivity contribution in [3.8, 4) is 0 Å². The summed E-state index contributed by atoms with van der Waals surface area (Å²) in [5.74, 6) is 0.697. The third-order valence-electron chi connectivity index (χ3n) is 2.72. The minimum Gasteiger partial charge on any atom is -0.311 e. The Hall–Kier alpha value is -0.110. The predicted molar refractivity (Wildman–Crippen MR) is 45.4 cm³/mol. The zero-order chi connectivity index (χ0) is 8.27. The van der Waals surface area contributed by atoms with Crippen molar-refractivity contribution in [2.75, 3.05) is 6.54 Å². The average Bonchev–Trinajstić information content (AvgIpc) is 2.05. The standard InChI is InChI=1S/C9H18FN/c1-3-7(2)9-5-4-8(10)6-11-9/h7-9,11H,3-6H2,1-2H3. The topological polar surface area (TPSA) is 12.0 Å². The van der Waals surface area contributed by atoms with Crippen LogP contribution < -0.4 is 5.32 Å². The van der Waals surface area contributed by atoms with Gasteiger partial charge < -0.3 is 5.32 Å². The van der Waals surface area contributed by atoms with Crippen molar-refractivity contribution in [2.24, 2.45) is 5.92 Å². The van der Waals surface area contributed by atoms with Gasteiger partial charge in [-0.15, -0.1) is 0 Å². The van der Waals surface area contributed by atoms with E-state index >= 15 is 0 Å². The molecule has 1 aliphatic heterocycles. The van der Waals surface area contributed by atoms with Crippen LogP contribution in [0.5, 0.6) is 0 Å². The second kappa shape index (κ2) is 4.05. The summed E-state index contributed by atoms with van der Waals surface area (Å²) in [4.78, 5) is 0. The minimum atomic E-state index is -0.602. The third-order valence-corrected chi connectivity index (χ3v) is 2.72. The van der Waals surface area contributed by atoms with Crippen LogP contribution in [0.4, 0.5) is 4.39 Å². The summed E-state index contributed by atoms with van der Waals surface area (Å²) in [6.07, 6.45) is 2.35. The molecule has 1 saturated heterocycles. The van der Waals surface area contributed by atoms with Gasteiger partial charge >= 0.3 is 0 Å². The van der Waals surface area contributed by atoms with Crippen molar-refractivity contribution in [1.29, 1.82) is 0 Å². The van der Waals surface area contributed by atoms with Gasteiger partial charge in [0.05, 0.1) is 0 Å². The Morgan fingerprint density at radius 1 is 1.55 bits per heavy atom. The lowest BCUT2D eigenvalue weighted by Gasteiger charge is -2.30. The lowest BCUT2D eigenvalue weighted by Crippen LogP contribution is -2.43. The van der Waals surface area contributed by atoms with Crippen LogP contribution >= 0.6 is 0 Å². The van der Waals surface area contributed by atoms with E-state index in [0.29, 0.717) is 18.5 Å². The number of hydrogen-bond donors (Lipinski definition) is 1. The van der Waals surface area contributed by atoms with Crippen molar-refractivity contribution < 1.29 is 4.39 Å². The number of rotatable bonds is 2. The van der Waals surface area contributed by atoms with E-state index in [2.05, 4.69) is 19.2 Å². The number of hydrogen-bond acceptors (Lipinski definition) is 1. The molecular formula is C9H18FN. The minimum absolute atomic E-state index is 0.562. The molecule has 0 bridgehead atoms. The van der Waals surface area contributed by atoms with Gasteiger partial charge in [-0.2, -0.15) is 0 Å². The molecule has 3 atom stereocenters. The molecule has 0 amide bonds. The Kier molecular flexibility index (Phi) is 3.31. The van der Waals surface area contributed by atoms with Gasteiger partial charge in [0.25, 0.3) is 0 Å². The Balaban J connectivity index is 2.27. The van der Waals surface area contributed by atoms with E-state index in [1.54, 1.807) is 0 Å². The fourth-order valence-corrected chi connectivity index (χ4v) is 1.61. The molecule has 1 aliphatic rings. The van der Waals surface area contributed by atoms with Crippen LogP contribution in [-0.2, 0) is 0 Å². The van der Waals surface area contributed by atoms with Crippen molar-refractivity contribution in [3.05, 3.63) is 0 Å². The quantitative estimate of drug-likeness (QED) is 0.650. The smallest absolute Gasteiger partial charge is 0.113 e. The van der Waals surface area contributed by atoms with Crippen LogP contribution in [0.2, 0.25) is 0 Å². The molecule has 0 aromatic carbocycles. The molecule has 3 unspecified atom stereocenters. The summed E-state index contributed by atoms with van der Waals surface area (Å²) in [6, 6.07) is 0.562. The third kappa shape index (κ3) is 2.44. The van der Waals surface area contributed by atoms with E-state index in [1.807, 2.05) is 0 Å². The molecule has 1 fully saturated rings. The first-order chi connectivity index (χ1) is 5.24. The SMILES string of the molecule is CCC(C)C1CCC(F)CN1. The molecule has 1 nitrogen and oxygen atoms in total. The van der Waals surface area contributed by atoms with Gasteiger partial charge in [-0.05, 0) is 18.8 Å². The summed E-state index contributed by atoms with van der Waals surface area (Å²) in [5.41, 5.74) is 0. The molecule has 0 aromatic rings. The summed E-state index contributed by atoms with van der Waals surface area (Å²) in [6.45, 7) is 4.99. The van der Waals surface area contributed by atoms with Crippen LogP contribution in [0, 0.1) is 5.92 Å². The van der Waals surface area contributed by atoms with Gasteiger partial charge in [-0.3, -0.25) is 0 Å². The summed E-state index contributed by atoms with van der Waals surface area (Å²) in [5, 5.41) is 3.24. The number of alkyl halides is 1. The highest BCUT2D eigenvalue weighted by Crippen LogP contribution is 2.18. The van der Waals surface area contributed by atoms with Gasteiger partial charge in [0.1, 0.15) is 6.17 Å². The molecule has 0 aliphatic carbocycles.